The van der Waals surface area contributed by atoms with Crippen molar-refractivity contribution in [2.24, 2.45) is 0 Å². The van der Waals surface area contributed by atoms with Crippen molar-refractivity contribution in [3.05, 3.63) is 24.0 Å². The Bertz CT molecular complexity index is 248. The largest absolute Gasteiger partial charge is 0.492 e. The monoisotopic (exact) mass is 167 g/mol. The Morgan fingerprint density at radius 1 is 1.58 bits per heavy atom. The van der Waals surface area contributed by atoms with Gasteiger partial charge in [-0.05, 0) is 19.9 Å². The Kier molecular flexibility index (Phi) is 3.05. The second kappa shape index (κ2) is 4.07. The lowest BCUT2D eigenvalue weighted by molar-refractivity contribution is 0.198. The second-order valence-electron chi connectivity index (χ2n) is 2.56. The number of aromatic nitrogens is 1. The number of pyridine rings is 1. The van der Waals surface area contributed by atoms with E-state index in [1.165, 1.54) is 0 Å². The first-order valence-corrected chi connectivity index (χ1v) is 4.00. The standard InChI is InChI=1S/C9H13NO2/c1-3-12-9-4-8(7(2)11)5-10-6-9/h4-7,11H,3H2,1-2H3. The fraction of sp³-hybridized carbons (Fsp3) is 0.444. The van der Waals surface area contributed by atoms with Crippen molar-refractivity contribution in [3.63, 3.8) is 0 Å². The number of hydrogen-bond donors (Lipinski definition) is 1. The molecule has 0 fully saturated rings. The van der Waals surface area contributed by atoms with Crippen LogP contribution in [0.25, 0.3) is 0 Å². The highest BCUT2D eigenvalue weighted by Gasteiger charge is 2.01. The quantitative estimate of drug-likeness (QED) is 0.742. The molecule has 3 nitrogen and oxygen atoms in total. The van der Waals surface area contributed by atoms with Crippen molar-refractivity contribution in [3.8, 4) is 5.75 Å². The van der Waals surface area contributed by atoms with Gasteiger partial charge in [-0.15, -0.1) is 0 Å². The van der Waals surface area contributed by atoms with Gasteiger partial charge in [0, 0.05) is 11.8 Å². The molecule has 3 heteroatoms. The summed E-state index contributed by atoms with van der Waals surface area (Å²) < 4.78 is 5.22. The lowest BCUT2D eigenvalue weighted by Crippen LogP contribution is -1.96. The summed E-state index contributed by atoms with van der Waals surface area (Å²) in [6.07, 6.45) is 2.78. The summed E-state index contributed by atoms with van der Waals surface area (Å²) in [4.78, 5) is 3.94. The summed E-state index contributed by atoms with van der Waals surface area (Å²) in [6.45, 7) is 4.23. The van der Waals surface area contributed by atoms with Crippen LogP contribution in [0.4, 0.5) is 0 Å². The van der Waals surface area contributed by atoms with Crippen LogP contribution in [0.1, 0.15) is 25.5 Å². The Balaban J connectivity index is 2.81. The van der Waals surface area contributed by atoms with Gasteiger partial charge in [-0.3, -0.25) is 4.98 Å². The van der Waals surface area contributed by atoms with Crippen molar-refractivity contribution in [1.29, 1.82) is 0 Å². The lowest BCUT2D eigenvalue weighted by atomic mass is 10.2. The van der Waals surface area contributed by atoms with Gasteiger partial charge in [-0.2, -0.15) is 0 Å². The minimum atomic E-state index is -0.488. The maximum atomic E-state index is 9.22. The minimum absolute atomic E-state index is 0.488. The molecule has 1 unspecified atom stereocenters. The molecular weight excluding hydrogens is 154 g/mol. The number of hydrogen-bond acceptors (Lipinski definition) is 3. The van der Waals surface area contributed by atoms with E-state index in [2.05, 4.69) is 4.98 Å². The van der Waals surface area contributed by atoms with Crippen LogP contribution in [0.3, 0.4) is 0 Å². The molecule has 0 aliphatic heterocycles. The van der Waals surface area contributed by atoms with E-state index < -0.39 is 6.10 Å². The third-order valence-electron chi connectivity index (χ3n) is 1.53. The number of nitrogens with zero attached hydrogens (tertiary/aromatic N) is 1. The number of aliphatic hydroxyl groups is 1. The molecule has 66 valence electrons. The van der Waals surface area contributed by atoms with Gasteiger partial charge in [0.1, 0.15) is 5.75 Å². The fourth-order valence-corrected chi connectivity index (χ4v) is 0.910. The molecule has 0 aliphatic carbocycles. The summed E-state index contributed by atoms with van der Waals surface area (Å²) in [6, 6.07) is 1.79. The van der Waals surface area contributed by atoms with E-state index in [9.17, 15) is 5.11 Å². The predicted molar refractivity (Wildman–Crippen MR) is 46.0 cm³/mol. The van der Waals surface area contributed by atoms with Crippen molar-refractivity contribution in [2.45, 2.75) is 20.0 Å². The Labute approximate surface area is 72.0 Å². The van der Waals surface area contributed by atoms with E-state index in [-0.39, 0.29) is 0 Å². The van der Waals surface area contributed by atoms with Gasteiger partial charge < -0.3 is 9.84 Å². The zero-order valence-electron chi connectivity index (χ0n) is 7.32. The molecule has 0 aromatic carbocycles. The van der Waals surface area contributed by atoms with Gasteiger partial charge in [-0.25, -0.2) is 0 Å². The molecule has 1 aromatic heterocycles. The van der Waals surface area contributed by atoms with Crippen LogP contribution in [0.15, 0.2) is 18.5 Å². The van der Waals surface area contributed by atoms with Crippen molar-refractivity contribution in [1.82, 2.24) is 4.98 Å². The van der Waals surface area contributed by atoms with Gasteiger partial charge in [0.25, 0.3) is 0 Å². The molecular formula is C9H13NO2. The van der Waals surface area contributed by atoms with Crippen molar-refractivity contribution < 1.29 is 9.84 Å². The highest BCUT2D eigenvalue weighted by Crippen LogP contribution is 2.16. The molecule has 0 amide bonds. The van der Waals surface area contributed by atoms with Gasteiger partial charge in [0.05, 0.1) is 18.9 Å². The van der Waals surface area contributed by atoms with Crippen LogP contribution >= 0.6 is 0 Å². The summed E-state index contributed by atoms with van der Waals surface area (Å²) >= 11 is 0. The van der Waals surface area contributed by atoms with Crippen LogP contribution < -0.4 is 4.74 Å². The van der Waals surface area contributed by atoms with Gasteiger partial charge >= 0.3 is 0 Å². The van der Waals surface area contributed by atoms with Crippen LogP contribution in [-0.2, 0) is 0 Å². The zero-order valence-corrected chi connectivity index (χ0v) is 7.32. The van der Waals surface area contributed by atoms with Crippen LogP contribution in [-0.4, -0.2) is 16.7 Å². The Morgan fingerprint density at radius 2 is 2.33 bits per heavy atom. The molecule has 1 N–H and O–H groups in total. The molecule has 1 rings (SSSR count). The lowest BCUT2D eigenvalue weighted by Gasteiger charge is -2.06. The molecule has 0 radical (unpaired) electrons. The molecule has 12 heavy (non-hydrogen) atoms. The van der Waals surface area contributed by atoms with E-state index in [1.54, 1.807) is 25.4 Å². The maximum Gasteiger partial charge on any atom is 0.137 e. The number of aliphatic hydroxyl groups excluding tert-OH is 1. The van der Waals surface area contributed by atoms with Crippen LogP contribution in [0, 0.1) is 0 Å². The molecule has 0 saturated heterocycles. The van der Waals surface area contributed by atoms with Gasteiger partial charge in [-0.1, -0.05) is 0 Å². The SMILES string of the molecule is CCOc1cncc(C(C)O)c1. The minimum Gasteiger partial charge on any atom is -0.492 e. The zero-order chi connectivity index (χ0) is 8.97. The third kappa shape index (κ3) is 2.20. The van der Waals surface area contributed by atoms with E-state index >= 15 is 0 Å². The van der Waals surface area contributed by atoms with E-state index in [4.69, 9.17) is 4.74 Å². The first kappa shape index (κ1) is 9.00. The first-order chi connectivity index (χ1) is 5.74. The highest BCUT2D eigenvalue weighted by molar-refractivity contribution is 5.24. The average molecular weight is 167 g/mol. The Hall–Kier alpha value is -1.09. The predicted octanol–water partition coefficient (Wildman–Crippen LogP) is 1.53. The second-order valence-corrected chi connectivity index (χ2v) is 2.56. The molecule has 0 aliphatic rings. The number of rotatable bonds is 3. The van der Waals surface area contributed by atoms with Crippen molar-refractivity contribution >= 4 is 0 Å². The van der Waals surface area contributed by atoms with Crippen molar-refractivity contribution in [2.75, 3.05) is 6.61 Å². The van der Waals surface area contributed by atoms with Gasteiger partial charge in [0.2, 0.25) is 0 Å². The van der Waals surface area contributed by atoms with E-state index in [0.717, 1.165) is 5.56 Å². The number of ether oxygens (including phenoxy) is 1. The van der Waals surface area contributed by atoms with E-state index in [1.807, 2.05) is 6.92 Å². The summed E-state index contributed by atoms with van der Waals surface area (Å²) in [5.41, 5.74) is 0.779. The first-order valence-electron chi connectivity index (χ1n) is 4.00. The topological polar surface area (TPSA) is 42.4 Å². The fourth-order valence-electron chi connectivity index (χ4n) is 0.910. The Morgan fingerprint density at radius 3 is 2.92 bits per heavy atom. The maximum absolute atomic E-state index is 9.22. The van der Waals surface area contributed by atoms with Crippen LogP contribution in [0.5, 0.6) is 5.75 Å². The molecule has 0 saturated carbocycles. The van der Waals surface area contributed by atoms with E-state index in [0.29, 0.717) is 12.4 Å². The van der Waals surface area contributed by atoms with Crippen LogP contribution in [0.2, 0.25) is 0 Å². The summed E-state index contributed by atoms with van der Waals surface area (Å²) in [7, 11) is 0. The highest BCUT2D eigenvalue weighted by atomic mass is 16.5. The molecule has 1 aromatic rings. The molecule has 1 atom stereocenters. The summed E-state index contributed by atoms with van der Waals surface area (Å²) in [5.74, 6) is 0.705. The molecule has 0 bridgehead atoms. The third-order valence-corrected chi connectivity index (χ3v) is 1.53. The smallest absolute Gasteiger partial charge is 0.137 e. The molecule has 1 heterocycles. The molecule has 0 spiro atoms. The average Bonchev–Trinajstić information content (AvgIpc) is 2.05. The summed E-state index contributed by atoms with van der Waals surface area (Å²) in [5, 5.41) is 9.22. The van der Waals surface area contributed by atoms with Gasteiger partial charge in [0.15, 0.2) is 0 Å². The normalized spacial score (nSPS) is 12.6.